The number of halogens is 1. The van der Waals surface area contributed by atoms with Crippen molar-refractivity contribution in [3.05, 3.63) is 23.2 Å². The summed E-state index contributed by atoms with van der Waals surface area (Å²) < 4.78 is 0. The largest absolute Gasteiger partial charge is 0.481 e. The number of nitrogens with two attached hydrogens (primary N) is 1. The van der Waals surface area contributed by atoms with Crippen LogP contribution in [0.1, 0.15) is 26.7 Å². The Hall–Kier alpha value is -1.46. The lowest BCUT2D eigenvalue weighted by molar-refractivity contribution is -0.137. The molecule has 0 saturated carbocycles. The fourth-order valence-electron chi connectivity index (χ4n) is 1.73. The van der Waals surface area contributed by atoms with Crippen LogP contribution in [0.4, 0.5) is 11.4 Å². The number of aliphatic carboxylic acids is 1. The van der Waals surface area contributed by atoms with Gasteiger partial charge in [0.05, 0.1) is 17.1 Å². The summed E-state index contributed by atoms with van der Waals surface area (Å²) in [6.45, 7) is 4.72. The van der Waals surface area contributed by atoms with E-state index >= 15 is 0 Å². The van der Waals surface area contributed by atoms with Crippen molar-refractivity contribution in [1.82, 2.24) is 5.32 Å². The number of rotatable bonds is 8. The summed E-state index contributed by atoms with van der Waals surface area (Å²) in [7, 11) is 0. The SMILES string of the molecule is CCC(C)NC[C@H](CC(=O)O)Nc1ccc(N)c(Cl)c1. The van der Waals surface area contributed by atoms with Crippen LogP contribution >= 0.6 is 11.6 Å². The molecule has 0 spiro atoms. The number of carbonyl (C=O) groups is 1. The topological polar surface area (TPSA) is 87.4 Å². The van der Waals surface area contributed by atoms with E-state index in [0.717, 1.165) is 12.1 Å². The van der Waals surface area contributed by atoms with Gasteiger partial charge in [0, 0.05) is 24.3 Å². The molecule has 0 saturated heterocycles. The molecule has 0 aliphatic carbocycles. The van der Waals surface area contributed by atoms with E-state index in [2.05, 4.69) is 24.5 Å². The van der Waals surface area contributed by atoms with Crippen LogP contribution in [0.15, 0.2) is 18.2 Å². The first-order valence-electron chi connectivity index (χ1n) is 6.69. The quantitative estimate of drug-likeness (QED) is 0.554. The van der Waals surface area contributed by atoms with Crippen LogP contribution in [-0.4, -0.2) is 29.7 Å². The van der Waals surface area contributed by atoms with Crippen LogP contribution < -0.4 is 16.4 Å². The minimum absolute atomic E-state index is 0.0332. The Morgan fingerprint density at radius 3 is 2.75 bits per heavy atom. The van der Waals surface area contributed by atoms with Crippen molar-refractivity contribution < 1.29 is 9.90 Å². The first-order chi connectivity index (χ1) is 9.42. The molecule has 20 heavy (non-hydrogen) atoms. The molecule has 1 unspecified atom stereocenters. The van der Waals surface area contributed by atoms with E-state index in [1.165, 1.54) is 0 Å². The summed E-state index contributed by atoms with van der Waals surface area (Å²) in [5.41, 5.74) is 6.92. The minimum atomic E-state index is -0.838. The van der Waals surface area contributed by atoms with Gasteiger partial charge in [0.25, 0.3) is 0 Å². The lowest BCUT2D eigenvalue weighted by Crippen LogP contribution is -2.38. The summed E-state index contributed by atoms with van der Waals surface area (Å²) >= 11 is 5.96. The predicted molar refractivity (Wildman–Crippen MR) is 83.3 cm³/mol. The number of hydrogen-bond acceptors (Lipinski definition) is 4. The smallest absolute Gasteiger partial charge is 0.305 e. The van der Waals surface area contributed by atoms with E-state index in [1.807, 2.05) is 0 Å². The predicted octanol–water partition coefficient (Wildman–Crippen LogP) is 2.57. The molecule has 0 aliphatic rings. The van der Waals surface area contributed by atoms with Crippen molar-refractivity contribution in [2.45, 2.75) is 38.8 Å². The Bertz CT molecular complexity index is 454. The third kappa shape index (κ3) is 5.67. The molecule has 0 aromatic heterocycles. The number of benzene rings is 1. The maximum atomic E-state index is 10.9. The summed E-state index contributed by atoms with van der Waals surface area (Å²) in [4.78, 5) is 10.9. The molecule has 2 atom stereocenters. The number of carboxylic acids is 1. The van der Waals surface area contributed by atoms with Crippen LogP contribution in [0.2, 0.25) is 5.02 Å². The average molecular weight is 300 g/mol. The summed E-state index contributed by atoms with van der Waals surface area (Å²) in [6, 6.07) is 5.34. The van der Waals surface area contributed by atoms with Crippen LogP contribution in [0.25, 0.3) is 0 Å². The van der Waals surface area contributed by atoms with Gasteiger partial charge in [-0.2, -0.15) is 0 Å². The second-order valence-electron chi connectivity index (χ2n) is 4.89. The van der Waals surface area contributed by atoms with Crippen molar-refractivity contribution in [2.24, 2.45) is 0 Å². The van der Waals surface area contributed by atoms with Crippen molar-refractivity contribution in [1.29, 1.82) is 0 Å². The minimum Gasteiger partial charge on any atom is -0.481 e. The average Bonchev–Trinajstić information content (AvgIpc) is 2.39. The zero-order valence-electron chi connectivity index (χ0n) is 11.8. The third-order valence-electron chi connectivity index (χ3n) is 3.12. The first kappa shape index (κ1) is 16.6. The number of carboxylic acid groups (broad SMARTS) is 1. The maximum Gasteiger partial charge on any atom is 0.305 e. The van der Waals surface area contributed by atoms with E-state index in [0.29, 0.717) is 23.3 Å². The van der Waals surface area contributed by atoms with Gasteiger partial charge in [-0.25, -0.2) is 0 Å². The second kappa shape index (κ2) is 7.97. The normalized spacial score (nSPS) is 13.8. The van der Waals surface area contributed by atoms with Gasteiger partial charge >= 0.3 is 5.97 Å². The van der Waals surface area contributed by atoms with Gasteiger partial charge in [-0.1, -0.05) is 18.5 Å². The molecule has 0 bridgehead atoms. The molecule has 0 radical (unpaired) electrons. The summed E-state index contributed by atoms with van der Waals surface area (Å²) in [5.74, 6) is -0.838. The van der Waals surface area contributed by atoms with Crippen LogP contribution in [-0.2, 0) is 4.79 Å². The molecule has 0 amide bonds. The zero-order chi connectivity index (χ0) is 15.1. The van der Waals surface area contributed by atoms with Crippen molar-refractivity contribution in [2.75, 3.05) is 17.6 Å². The Morgan fingerprint density at radius 2 is 2.20 bits per heavy atom. The highest BCUT2D eigenvalue weighted by Crippen LogP contribution is 2.23. The molecule has 1 aromatic rings. The van der Waals surface area contributed by atoms with Gasteiger partial charge in [-0.15, -0.1) is 0 Å². The molecule has 112 valence electrons. The molecule has 1 rings (SSSR count). The molecule has 5 nitrogen and oxygen atoms in total. The number of nitrogen functional groups attached to an aromatic ring is 1. The molecule has 0 aliphatic heterocycles. The molecular weight excluding hydrogens is 278 g/mol. The number of nitrogens with one attached hydrogen (secondary N) is 2. The van der Waals surface area contributed by atoms with Gasteiger partial charge < -0.3 is 21.5 Å². The van der Waals surface area contributed by atoms with E-state index in [9.17, 15) is 4.79 Å². The molecule has 0 fully saturated rings. The molecule has 5 N–H and O–H groups in total. The fraction of sp³-hybridized carbons (Fsp3) is 0.500. The van der Waals surface area contributed by atoms with Crippen LogP contribution in [0.3, 0.4) is 0 Å². The molecule has 1 aromatic carbocycles. The van der Waals surface area contributed by atoms with Gasteiger partial charge in [0.2, 0.25) is 0 Å². The Labute approximate surface area is 124 Å². The highest BCUT2D eigenvalue weighted by Gasteiger charge is 2.14. The Morgan fingerprint density at radius 1 is 1.50 bits per heavy atom. The third-order valence-corrected chi connectivity index (χ3v) is 3.44. The maximum absolute atomic E-state index is 10.9. The summed E-state index contributed by atoms with van der Waals surface area (Å²) in [6.07, 6.45) is 1.03. The van der Waals surface area contributed by atoms with E-state index in [1.54, 1.807) is 18.2 Å². The Kier molecular flexibility index (Phi) is 6.61. The highest BCUT2D eigenvalue weighted by molar-refractivity contribution is 6.33. The first-order valence-corrected chi connectivity index (χ1v) is 7.07. The lowest BCUT2D eigenvalue weighted by atomic mass is 10.1. The van der Waals surface area contributed by atoms with Crippen LogP contribution in [0, 0.1) is 0 Å². The highest BCUT2D eigenvalue weighted by atomic mass is 35.5. The molecule has 0 heterocycles. The van der Waals surface area contributed by atoms with Gasteiger partial charge in [-0.3, -0.25) is 4.79 Å². The number of hydrogen-bond donors (Lipinski definition) is 4. The number of anilines is 2. The lowest BCUT2D eigenvalue weighted by Gasteiger charge is -2.21. The summed E-state index contributed by atoms with van der Waals surface area (Å²) in [5, 5.41) is 15.9. The van der Waals surface area contributed by atoms with Crippen LogP contribution in [0.5, 0.6) is 0 Å². The Balaban J connectivity index is 2.67. The molecular formula is C14H22ClN3O2. The standard InChI is InChI=1S/C14H22ClN3O2/c1-3-9(2)17-8-11(7-14(19)20)18-10-4-5-13(16)12(15)6-10/h4-6,9,11,17-18H,3,7-8,16H2,1-2H3,(H,19,20)/t9?,11-/m0/s1. The van der Waals surface area contributed by atoms with Crippen molar-refractivity contribution in [3.8, 4) is 0 Å². The van der Waals surface area contributed by atoms with E-state index in [-0.39, 0.29) is 12.5 Å². The molecule has 6 heteroatoms. The van der Waals surface area contributed by atoms with Crippen molar-refractivity contribution in [3.63, 3.8) is 0 Å². The monoisotopic (exact) mass is 299 g/mol. The van der Waals surface area contributed by atoms with E-state index in [4.69, 9.17) is 22.4 Å². The second-order valence-corrected chi connectivity index (χ2v) is 5.30. The zero-order valence-corrected chi connectivity index (χ0v) is 12.6. The van der Waals surface area contributed by atoms with Gasteiger partial charge in [-0.05, 0) is 31.5 Å². The van der Waals surface area contributed by atoms with E-state index < -0.39 is 5.97 Å². The van der Waals surface area contributed by atoms with Crippen molar-refractivity contribution >= 4 is 28.9 Å². The fourth-order valence-corrected chi connectivity index (χ4v) is 1.91. The van der Waals surface area contributed by atoms with Gasteiger partial charge in [0.1, 0.15) is 0 Å². The van der Waals surface area contributed by atoms with Gasteiger partial charge in [0.15, 0.2) is 0 Å².